The predicted octanol–water partition coefficient (Wildman–Crippen LogP) is 5.31. The Morgan fingerprint density at radius 1 is 1.09 bits per heavy atom. The van der Waals surface area contributed by atoms with Crippen molar-refractivity contribution in [1.29, 1.82) is 0 Å². The number of unbranched alkanes of at least 4 members (excludes halogenated alkanes) is 1. The fourth-order valence-electron chi connectivity index (χ4n) is 3.55. The van der Waals surface area contributed by atoms with Crippen LogP contribution in [0.15, 0.2) is 83.9 Å². The Hall–Kier alpha value is -3.32. The number of aryl methyl sites for hydroxylation is 1. The number of nitrogens with one attached hydrogen (secondary N) is 1. The van der Waals surface area contributed by atoms with Gasteiger partial charge < -0.3 is 15.5 Å². The monoisotopic (exact) mass is 491 g/mol. The molecule has 6 nitrogen and oxygen atoms in total. The molecule has 0 spiro atoms. The van der Waals surface area contributed by atoms with Crippen LogP contribution in [0.2, 0.25) is 0 Å². The summed E-state index contributed by atoms with van der Waals surface area (Å²) >= 11 is 5.99. The fraction of sp³-hybridized carbons (Fsp3) is 0.250. The Kier molecular flexibility index (Phi) is 10.2. The molecule has 1 amide bonds. The van der Waals surface area contributed by atoms with Gasteiger partial charge in [0, 0.05) is 22.7 Å². The third kappa shape index (κ3) is 8.14. The molecule has 0 aliphatic heterocycles. The van der Waals surface area contributed by atoms with E-state index < -0.39 is 6.29 Å². The van der Waals surface area contributed by atoms with E-state index in [1.807, 2.05) is 55.5 Å². The van der Waals surface area contributed by atoms with Crippen LogP contribution >= 0.6 is 11.6 Å². The minimum Gasteiger partial charge on any atom is -0.368 e. The first kappa shape index (κ1) is 26.3. The highest BCUT2D eigenvalue weighted by molar-refractivity contribution is 6.31. The molecule has 0 saturated heterocycles. The number of nitrogens with zero attached hydrogens (tertiary/aromatic N) is 2. The van der Waals surface area contributed by atoms with Crippen LogP contribution in [-0.2, 0) is 6.42 Å². The lowest BCUT2D eigenvalue weighted by Gasteiger charge is -2.11. The van der Waals surface area contributed by atoms with Gasteiger partial charge in [-0.25, -0.2) is 9.97 Å². The van der Waals surface area contributed by atoms with E-state index >= 15 is 0 Å². The molecule has 3 aromatic rings. The molecule has 3 N–H and O–H groups in total. The normalized spacial score (nSPS) is 12.3. The number of allylic oxidation sites excluding steroid dienone is 5. The molecular weight excluding hydrogens is 462 g/mol. The smallest absolute Gasteiger partial charge is 0.251 e. The van der Waals surface area contributed by atoms with Crippen molar-refractivity contribution < 1.29 is 15.0 Å². The first-order valence-corrected chi connectivity index (χ1v) is 12.0. The number of aliphatic hydroxyl groups is 2. The van der Waals surface area contributed by atoms with Crippen molar-refractivity contribution in [3.63, 3.8) is 0 Å². The number of carbonyl (C=O) groups excluding carboxylic acids is 1. The molecule has 0 aliphatic rings. The van der Waals surface area contributed by atoms with E-state index in [2.05, 4.69) is 5.32 Å². The van der Waals surface area contributed by atoms with Gasteiger partial charge in [-0.05, 0) is 63.0 Å². The Morgan fingerprint density at radius 2 is 1.89 bits per heavy atom. The summed E-state index contributed by atoms with van der Waals surface area (Å²) in [6, 6.07) is 15.2. The summed E-state index contributed by atoms with van der Waals surface area (Å²) in [7, 11) is 0. The highest BCUT2D eigenvalue weighted by atomic mass is 35.5. The van der Waals surface area contributed by atoms with E-state index in [4.69, 9.17) is 31.8 Å². The van der Waals surface area contributed by atoms with E-state index in [9.17, 15) is 4.79 Å². The van der Waals surface area contributed by atoms with E-state index in [0.29, 0.717) is 47.4 Å². The molecule has 0 bridgehead atoms. The van der Waals surface area contributed by atoms with Gasteiger partial charge in [0.25, 0.3) is 5.91 Å². The predicted molar refractivity (Wildman–Crippen MR) is 141 cm³/mol. The first-order valence-electron chi connectivity index (χ1n) is 11.6. The molecule has 0 unspecified atom stereocenters. The Morgan fingerprint density at radius 3 is 2.63 bits per heavy atom. The van der Waals surface area contributed by atoms with Crippen molar-refractivity contribution >= 4 is 28.5 Å². The lowest BCUT2D eigenvalue weighted by atomic mass is 10.0. The standard InChI is InChI=1S/C28H30ClN3O3/c1-2-10-22(29)13-8-9-18-30-28(35)21-16-17-23-25(19-21)31-24(14-6-7-15-26(33)34)27(32-23)20-11-4-3-5-12-20/h2-5,8-13,16-17,19,26,33-34H,6-7,14-15,18H2,1H3,(H,30,35)/b9-8+,10-2-,22-13+. The molecule has 1 aromatic heterocycles. The van der Waals surface area contributed by atoms with Crippen LogP contribution < -0.4 is 5.32 Å². The molecule has 0 aliphatic carbocycles. The van der Waals surface area contributed by atoms with Crippen molar-refractivity contribution in [1.82, 2.24) is 15.3 Å². The van der Waals surface area contributed by atoms with Gasteiger partial charge >= 0.3 is 0 Å². The average molecular weight is 492 g/mol. The van der Waals surface area contributed by atoms with Gasteiger partial charge in [0.1, 0.15) is 0 Å². The number of rotatable bonds is 11. The number of aliphatic hydroxyl groups excluding tert-OH is 1. The van der Waals surface area contributed by atoms with Crippen LogP contribution in [0.25, 0.3) is 22.3 Å². The molecule has 2 aromatic carbocycles. The summed E-state index contributed by atoms with van der Waals surface area (Å²) in [6.45, 7) is 2.26. The van der Waals surface area contributed by atoms with Gasteiger partial charge in [0.2, 0.25) is 0 Å². The lowest BCUT2D eigenvalue weighted by Crippen LogP contribution is -2.23. The maximum atomic E-state index is 12.6. The van der Waals surface area contributed by atoms with Crippen molar-refractivity contribution in [3.05, 3.63) is 95.2 Å². The minimum absolute atomic E-state index is 0.201. The summed E-state index contributed by atoms with van der Waals surface area (Å²) in [5, 5.41) is 21.7. The number of fused-ring (bicyclic) bond motifs is 1. The molecule has 1 heterocycles. The first-order chi connectivity index (χ1) is 17.0. The second-order valence-corrected chi connectivity index (χ2v) is 8.44. The number of amides is 1. The van der Waals surface area contributed by atoms with Crippen LogP contribution in [0.3, 0.4) is 0 Å². The van der Waals surface area contributed by atoms with E-state index in [1.165, 1.54) is 0 Å². The van der Waals surface area contributed by atoms with Gasteiger partial charge in [0.15, 0.2) is 6.29 Å². The summed E-state index contributed by atoms with van der Waals surface area (Å²) in [5.74, 6) is -0.201. The second-order valence-electron chi connectivity index (χ2n) is 8.00. The largest absolute Gasteiger partial charge is 0.368 e. The quantitative estimate of drug-likeness (QED) is 0.192. The number of halogens is 1. The van der Waals surface area contributed by atoms with Crippen molar-refractivity contribution in [2.75, 3.05) is 6.54 Å². The van der Waals surface area contributed by atoms with Crippen molar-refractivity contribution in [3.8, 4) is 11.3 Å². The highest BCUT2D eigenvalue weighted by Gasteiger charge is 2.13. The van der Waals surface area contributed by atoms with E-state index in [0.717, 1.165) is 23.4 Å². The van der Waals surface area contributed by atoms with Gasteiger partial charge in [0.05, 0.1) is 22.4 Å². The second kappa shape index (κ2) is 13.5. The zero-order chi connectivity index (χ0) is 25.0. The maximum absolute atomic E-state index is 12.6. The Bertz CT molecular complexity index is 1220. The minimum atomic E-state index is -1.30. The number of aromatic nitrogens is 2. The zero-order valence-corrected chi connectivity index (χ0v) is 20.4. The van der Waals surface area contributed by atoms with Crippen molar-refractivity contribution in [2.24, 2.45) is 0 Å². The number of carbonyl (C=O) groups is 1. The molecule has 35 heavy (non-hydrogen) atoms. The summed E-state index contributed by atoms with van der Waals surface area (Å²) in [6.07, 6.45) is 10.1. The van der Waals surface area contributed by atoms with Crippen LogP contribution in [0, 0.1) is 0 Å². The van der Waals surface area contributed by atoms with Crippen molar-refractivity contribution in [2.45, 2.75) is 38.9 Å². The molecular formula is C28H30ClN3O3. The maximum Gasteiger partial charge on any atom is 0.251 e. The molecule has 0 saturated carbocycles. The summed E-state index contributed by atoms with van der Waals surface area (Å²) < 4.78 is 0. The number of hydrogen-bond donors (Lipinski definition) is 3. The molecule has 3 rings (SSSR count). The molecule has 0 fully saturated rings. The average Bonchev–Trinajstić information content (AvgIpc) is 2.86. The van der Waals surface area contributed by atoms with Crippen LogP contribution in [0.5, 0.6) is 0 Å². The zero-order valence-electron chi connectivity index (χ0n) is 19.7. The number of hydrogen-bond acceptors (Lipinski definition) is 5. The molecule has 0 radical (unpaired) electrons. The molecule has 7 heteroatoms. The summed E-state index contributed by atoms with van der Waals surface area (Å²) in [5.41, 5.74) is 4.45. The van der Waals surface area contributed by atoms with E-state index in [-0.39, 0.29) is 5.91 Å². The third-order valence-corrected chi connectivity index (χ3v) is 5.52. The number of benzene rings is 2. The lowest BCUT2D eigenvalue weighted by molar-refractivity contribution is -0.0465. The van der Waals surface area contributed by atoms with Gasteiger partial charge in [-0.1, -0.05) is 60.2 Å². The van der Waals surface area contributed by atoms with Gasteiger partial charge in [-0.15, -0.1) is 0 Å². The molecule has 182 valence electrons. The fourth-order valence-corrected chi connectivity index (χ4v) is 3.75. The topological polar surface area (TPSA) is 95.3 Å². The van der Waals surface area contributed by atoms with Crippen LogP contribution in [0.4, 0.5) is 0 Å². The summed E-state index contributed by atoms with van der Waals surface area (Å²) in [4.78, 5) is 22.3. The van der Waals surface area contributed by atoms with Crippen LogP contribution in [0.1, 0.15) is 42.2 Å². The van der Waals surface area contributed by atoms with Gasteiger partial charge in [-0.2, -0.15) is 0 Å². The highest BCUT2D eigenvalue weighted by Crippen LogP contribution is 2.25. The van der Waals surface area contributed by atoms with E-state index in [1.54, 1.807) is 30.4 Å². The van der Waals surface area contributed by atoms with Gasteiger partial charge in [-0.3, -0.25) is 4.79 Å². The Balaban J connectivity index is 1.79. The third-order valence-electron chi connectivity index (χ3n) is 5.27. The van der Waals surface area contributed by atoms with Crippen LogP contribution in [-0.4, -0.2) is 38.9 Å². The Labute approximate surface area is 210 Å². The SMILES string of the molecule is C\C=C/C(Cl)=C\C=C\CNC(=O)c1ccc2nc(-c3ccccc3)c(CCCCC(O)O)nc2c1. The molecule has 0 atom stereocenters.